The Morgan fingerprint density at radius 3 is 2.11 bits per heavy atom. The van der Waals surface area contributed by atoms with E-state index in [1.165, 1.54) is 0 Å². The van der Waals surface area contributed by atoms with Crippen molar-refractivity contribution in [2.75, 3.05) is 13.7 Å². The zero-order valence-corrected chi connectivity index (χ0v) is 14.1. The van der Waals surface area contributed by atoms with Gasteiger partial charge in [0.1, 0.15) is 0 Å². The number of rotatable bonds is 7. The summed E-state index contributed by atoms with van der Waals surface area (Å²) in [5.41, 5.74) is -1.39. The van der Waals surface area contributed by atoms with E-state index in [4.69, 9.17) is 0 Å². The molecule has 0 radical (unpaired) electrons. The molecule has 0 unspecified atom stereocenters. The monoisotopic (exact) mass is 443 g/mol. The molecule has 0 aliphatic carbocycles. The van der Waals surface area contributed by atoms with Crippen molar-refractivity contribution in [1.29, 1.82) is 0 Å². The number of nitrogens with zero attached hydrogens (tertiary/aromatic N) is 1. The summed E-state index contributed by atoms with van der Waals surface area (Å²) in [5.74, 6) is -8.91. The van der Waals surface area contributed by atoms with Crippen LogP contribution in [0.1, 0.15) is 0 Å². The standard InChI is InChI=1S/C12H8F7NO7S/c1-26-9(21)5-27-8-3-2-6(4-7(8)20(22)23)28(24,25)12(18,19)10(13,14)11(15,16)17/h2-4H,5H2,1H3. The van der Waals surface area contributed by atoms with E-state index in [1.807, 2.05) is 0 Å². The number of ether oxygens (including phenoxy) is 2. The van der Waals surface area contributed by atoms with Crippen LogP contribution in [0.3, 0.4) is 0 Å². The minimum atomic E-state index is -6.99. The number of benzene rings is 1. The summed E-state index contributed by atoms with van der Waals surface area (Å²) in [7, 11) is -5.83. The van der Waals surface area contributed by atoms with Crippen LogP contribution in [-0.4, -0.2) is 50.4 Å². The van der Waals surface area contributed by atoms with Crippen molar-refractivity contribution in [2.24, 2.45) is 0 Å². The number of nitro benzene ring substituents is 1. The average molecular weight is 443 g/mol. The van der Waals surface area contributed by atoms with Gasteiger partial charge in [0.05, 0.1) is 16.9 Å². The van der Waals surface area contributed by atoms with E-state index in [-0.39, 0.29) is 12.1 Å². The fourth-order valence-corrected chi connectivity index (χ4v) is 2.87. The van der Waals surface area contributed by atoms with Crippen molar-refractivity contribution in [3.8, 4) is 5.75 Å². The van der Waals surface area contributed by atoms with Gasteiger partial charge in [0.25, 0.3) is 9.84 Å². The lowest BCUT2D eigenvalue weighted by Crippen LogP contribution is -2.55. The fourth-order valence-electron chi connectivity index (χ4n) is 1.61. The zero-order valence-electron chi connectivity index (χ0n) is 13.3. The highest BCUT2D eigenvalue weighted by atomic mass is 32.2. The Morgan fingerprint density at radius 1 is 1.14 bits per heavy atom. The summed E-state index contributed by atoms with van der Waals surface area (Å²) in [6.45, 7) is -0.939. The number of hydrogen-bond donors (Lipinski definition) is 0. The lowest BCUT2D eigenvalue weighted by atomic mass is 10.3. The Hall–Kier alpha value is -2.65. The molecule has 0 aromatic heterocycles. The van der Waals surface area contributed by atoms with Crippen LogP contribution in [0, 0.1) is 10.1 Å². The Balaban J connectivity index is 3.49. The molecule has 1 rings (SSSR count). The third kappa shape index (κ3) is 3.95. The van der Waals surface area contributed by atoms with Crippen molar-refractivity contribution in [3.63, 3.8) is 0 Å². The molecule has 0 heterocycles. The summed E-state index contributed by atoms with van der Waals surface area (Å²) in [5, 5.41) is 4.24. The van der Waals surface area contributed by atoms with E-state index < -0.39 is 61.0 Å². The molecule has 0 saturated carbocycles. The van der Waals surface area contributed by atoms with Gasteiger partial charge in [0.15, 0.2) is 12.4 Å². The van der Waals surface area contributed by atoms with Gasteiger partial charge < -0.3 is 9.47 Å². The van der Waals surface area contributed by atoms with Crippen molar-refractivity contribution >= 4 is 21.5 Å². The van der Waals surface area contributed by atoms with E-state index in [1.54, 1.807) is 0 Å². The molecule has 0 fully saturated rings. The molecule has 158 valence electrons. The normalized spacial score (nSPS) is 13.1. The Kier molecular flexibility index (Phi) is 6.18. The molecule has 16 heteroatoms. The smallest absolute Gasteiger partial charge is 0.461 e. The van der Waals surface area contributed by atoms with Crippen LogP contribution in [0.2, 0.25) is 0 Å². The second kappa shape index (κ2) is 7.40. The van der Waals surface area contributed by atoms with Gasteiger partial charge in [0, 0.05) is 6.07 Å². The second-order valence-corrected chi connectivity index (χ2v) is 6.83. The predicted octanol–water partition coefficient (Wildman–Crippen LogP) is 2.71. The average Bonchev–Trinajstić information content (AvgIpc) is 2.57. The molecule has 0 N–H and O–H groups in total. The molecule has 0 aliphatic rings. The molecule has 0 saturated heterocycles. The lowest BCUT2D eigenvalue weighted by Gasteiger charge is -2.27. The summed E-state index contributed by atoms with van der Waals surface area (Å²) in [4.78, 5) is 18.5. The van der Waals surface area contributed by atoms with Crippen molar-refractivity contribution in [2.45, 2.75) is 22.2 Å². The maximum atomic E-state index is 13.6. The molecule has 28 heavy (non-hydrogen) atoms. The van der Waals surface area contributed by atoms with Gasteiger partial charge in [-0.15, -0.1) is 0 Å². The zero-order chi connectivity index (χ0) is 22.1. The van der Waals surface area contributed by atoms with Crippen molar-refractivity contribution in [1.82, 2.24) is 0 Å². The van der Waals surface area contributed by atoms with Gasteiger partial charge in [-0.25, -0.2) is 13.2 Å². The topological polar surface area (TPSA) is 113 Å². The fraction of sp³-hybridized carbons (Fsp3) is 0.417. The molecule has 0 spiro atoms. The van der Waals surface area contributed by atoms with Crippen LogP contribution in [0.5, 0.6) is 5.75 Å². The highest BCUT2D eigenvalue weighted by Gasteiger charge is 2.78. The van der Waals surface area contributed by atoms with Gasteiger partial charge in [-0.1, -0.05) is 0 Å². The van der Waals surface area contributed by atoms with Gasteiger partial charge in [0.2, 0.25) is 0 Å². The number of carbonyl (C=O) groups excluding carboxylic acids is 1. The Bertz CT molecular complexity index is 883. The third-order valence-electron chi connectivity index (χ3n) is 3.07. The summed E-state index contributed by atoms with van der Waals surface area (Å²) in [6.07, 6.45) is -6.93. The predicted molar refractivity (Wildman–Crippen MR) is 73.7 cm³/mol. The highest BCUT2D eigenvalue weighted by molar-refractivity contribution is 7.92. The minimum absolute atomic E-state index is 0.0787. The molecule has 0 aliphatic heterocycles. The first-order chi connectivity index (χ1) is 12.5. The number of nitro groups is 1. The Labute approximate surface area is 150 Å². The molecule has 8 nitrogen and oxygen atoms in total. The van der Waals surface area contributed by atoms with E-state index in [9.17, 15) is 54.1 Å². The second-order valence-electron chi connectivity index (χ2n) is 4.84. The van der Waals surface area contributed by atoms with E-state index in [0.29, 0.717) is 6.07 Å². The number of carbonyl (C=O) groups is 1. The van der Waals surface area contributed by atoms with Crippen LogP contribution in [-0.2, 0) is 19.4 Å². The van der Waals surface area contributed by atoms with Crippen LogP contribution in [0.25, 0.3) is 0 Å². The molecule has 0 atom stereocenters. The highest BCUT2D eigenvalue weighted by Crippen LogP contribution is 2.51. The molecule has 0 bridgehead atoms. The molecular formula is C12H8F7NO7S. The molecular weight excluding hydrogens is 435 g/mol. The van der Waals surface area contributed by atoms with Crippen LogP contribution in [0.15, 0.2) is 23.1 Å². The van der Waals surface area contributed by atoms with Crippen LogP contribution >= 0.6 is 0 Å². The van der Waals surface area contributed by atoms with Gasteiger partial charge in [-0.2, -0.15) is 30.7 Å². The van der Waals surface area contributed by atoms with Gasteiger partial charge >= 0.3 is 29.0 Å². The summed E-state index contributed by atoms with van der Waals surface area (Å²) >= 11 is 0. The first kappa shape index (κ1) is 23.4. The van der Waals surface area contributed by atoms with Gasteiger partial charge in [-0.3, -0.25) is 10.1 Å². The third-order valence-corrected chi connectivity index (χ3v) is 4.88. The minimum Gasteiger partial charge on any atom is -0.475 e. The maximum absolute atomic E-state index is 13.6. The number of hydrogen-bond acceptors (Lipinski definition) is 7. The molecule has 1 aromatic rings. The Morgan fingerprint density at radius 2 is 1.68 bits per heavy atom. The maximum Gasteiger partial charge on any atom is 0.461 e. The summed E-state index contributed by atoms with van der Waals surface area (Å²) < 4.78 is 122. The summed E-state index contributed by atoms with van der Waals surface area (Å²) in [6, 6.07) is 0.202. The number of methoxy groups -OCH3 is 1. The lowest BCUT2D eigenvalue weighted by molar-refractivity contribution is -0.386. The van der Waals surface area contributed by atoms with Crippen LogP contribution in [0.4, 0.5) is 36.4 Å². The van der Waals surface area contributed by atoms with Crippen molar-refractivity contribution < 1.29 is 58.3 Å². The first-order valence-corrected chi connectivity index (χ1v) is 8.04. The number of alkyl halides is 7. The van der Waals surface area contributed by atoms with Crippen molar-refractivity contribution in [3.05, 3.63) is 28.3 Å². The van der Waals surface area contributed by atoms with E-state index >= 15 is 0 Å². The van der Waals surface area contributed by atoms with E-state index in [2.05, 4.69) is 9.47 Å². The number of sulfone groups is 1. The number of esters is 1. The molecule has 1 aromatic carbocycles. The van der Waals surface area contributed by atoms with Crippen LogP contribution < -0.4 is 4.74 Å². The SMILES string of the molecule is COC(=O)COc1ccc(S(=O)(=O)C(F)(F)C(F)(F)C(F)(F)F)cc1[N+](=O)[O-]. The van der Waals surface area contributed by atoms with Gasteiger partial charge in [-0.05, 0) is 12.1 Å². The number of halogens is 7. The first-order valence-electron chi connectivity index (χ1n) is 6.55. The van der Waals surface area contributed by atoms with E-state index in [0.717, 1.165) is 7.11 Å². The molecule has 0 amide bonds. The largest absolute Gasteiger partial charge is 0.475 e. The quantitative estimate of drug-likeness (QED) is 0.276.